The number of pyridine rings is 2. The van der Waals surface area contributed by atoms with Crippen LogP contribution in [0.4, 0.5) is 0 Å². The lowest BCUT2D eigenvalue weighted by atomic mass is 9.79. The highest BCUT2D eigenvalue weighted by Gasteiger charge is 2.39. The van der Waals surface area contributed by atoms with Gasteiger partial charge in [-0.25, -0.2) is 4.98 Å². The fourth-order valence-electron chi connectivity index (χ4n) is 8.81. The van der Waals surface area contributed by atoms with Gasteiger partial charge in [0.15, 0.2) is 0 Å². The number of para-hydroxylation sites is 1. The molecule has 234 valence electrons. The Bertz CT molecular complexity index is 3020. The van der Waals surface area contributed by atoms with Gasteiger partial charge in [-0.2, -0.15) is 0 Å². The molecule has 11 rings (SSSR count). The van der Waals surface area contributed by atoms with Crippen molar-refractivity contribution in [1.82, 2.24) is 9.97 Å². The highest BCUT2D eigenvalue weighted by molar-refractivity contribution is 6.27. The molecule has 0 spiro atoms. The van der Waals surface area contributed by atoms with E-state index in [1.165, 1.54) is 54.9 Å². The molecule has 0 N–H and O–H groups in total. The quantitative estimate of drug-likeness (QED) is 0.140. The van der Waals surface area contributed by atoms with Gasteiger partial charge in [0.2, 0.25) is 0 Å². The first kappa shape index (κ1) is 27.6. The highest BCUT2D eigenvalue weighted by atomic mass is 16.3. The molecule has 0 fully saturated rings. The highest BCUT2D eigenvalue weighted by Crippen LogP contribution is 2.56. The Morgan fingerprint density at radius 2 is 1.12 bits per heavy atom. The Morgan fingerprint density at radius 3 is 1.88 bits per heavy atom. The number of aromatic nitrogens is 2. The van der Waals surface area contributed by atoms with Crippen molar-refractivity contribution in [2.24, 2.45) is 0 Å². The van der Waals surface area contributed by atoms with Crippen molar-refractivity contribution in [3.8, 4) is 33.5 Å². The van der Waals surface area contributed by atoms with E-state index in [2.05, 4.69) is 147 Å². The number of rotatable bonds is 2. The van der Waals surface area contributed by atoms with Gasteiger partial charge in [0.1, 0.15) is 11.2 Å². The summed E-state index contributed by atoms with van der Waals surface area (Å²) in [4.78, 5) is 10.1. The van der Waals surface area contributed by atoms with E-state index in [-0.39, 0.29) is 5.41 Å². The summed E-state index contributed by atoms with van der Waals surface area (Å²) in [6.07, 6.45) is 1.85. The molecule has 3 heterocycles. The molecule has 0 bridgehead atoms. The van der Waals surface area contributed by atoms with Crippen LogP contribution >= 0.6 is 0 Å². The van der Waals surface area contributed by atoms with Crippen molar-refractivity contribution in [2.45, 2.75) is 19.3 Å². The van der Waals surface area contributed by atoms with E-state index >= 15 is 0 Å². The molecule has 0 saturated carbocycles. The number of nitrogens with zero attached hydrogens (tertiary/aromatic N) is 2. The zero-order chi connectivity index (χ0) is 33.1. The number of benzene rings is 7. The molecule has 0 amide bonds. The van der Waals surface area contributed by atoms with Crippen LogP contribution in [0.5, 0.6) is 0 Å². The van der Waals surface area contributed by atoms with E-state index in [0.717, 1.165) is 55.0 Å². The second-order valence-electron chi connectivity index (χ2n) is 14.1. The third kappa shape index (κ3) is 3.59. The van der Waals surface area contributed by atoms with Crippen molar-refractivity contribution in [3.05, 3.63) is 157 Å². The summed E-state index contributed by atoms with van der Waals surface area (Å²) in [5.41, 5.74) is 13.1. The van der Waals surface area contributed by atoms with Crippen molar-refractivity contribution in [2.75, 3.05) is 0 Å². The van der Waals surface area contributed by atoms with E-state index in [9.17, 15) is 0 Å². The average molecular weight is 639 g/mol. The Kier molecular flexibility index (Phi) is 5.45. The van der Waals surface area contributed by atoms with Crippen LogP contribution in [0.25, 0.3) is 98.8 Å². The largest absolute Gasteiger partial charge is 0.455 e. The standard InChI is InChI=1S/C47H30N2O/c1-47(2)36-19-9-7-17-33(36)43-37(47)26-35(42-34-18-8-10-20-39(34)50-46(42)43)40-29-13-3-5-15-31(29)41(32-16-6-4-14-30(32)40)38-24-23-28-22-21-27-12-11-25-48-44(27)45(28)49-38/h3-26H,1-2H3. The minimum atomic E-state index is -0.189. The molecule has 3 aromatic heterocycles. The first-order chi connectivity index (χ1) is 24.6. The predicted octanol–water partition coefficient (Wildman–Crippen LogP) is 12.6. The van der Waals surface area contributed by atoms with Crippen molar-refractivity contribution >= 4 is 65.3 Å². The number of furan rings is 1. The average Bonchev–Trinajstić information content (AvgIpc) is 3.66. The summed E-state index contributed by atoms with van der Waals surface area (Å²) >= 11 is 0. The molecule has 1 aliphatic carbocycles. The van der Waals surface area contributed by atoms with Crippen LogP contribution in [-0.4, -0.2) is 9.97 Å². The number of hydrogen-bond acceptors (Lipinski definition) is 3. The molecule has 50 heavy (non-hydrogen) atoms. The van der Waals surface area contributed by atoms with Crippen LogP contribution in [0.3, 0.4) is 0 Å². The summed E-state index contributed by atoms with van der Waals surface area (Å²) < 4.78 is 6.88. The molecule has 3 nitrogen and oxygen atoms in total. The van der Waals surface area contributed by atoms with E-state index in [1.807, 2.05) is 12.3 Å². The van der Waals surface area contributed by atoms with Gasteiger partial charge in [-0.3, -0.25) is 4.98 Å². The SMILES string of the molecule is CC1(C)c2ccccc2-c2c1cc(-c1c3ccccc3c(-c3ccc4ccc5cccnc5c4n3)c3ccccc13)c1c2oc2ccccc21. The minimum Gasteiger partial charge on any atom is -0.455 e. The van der Waals surface area contributed by atoms with Crippen LogP contribution < -0.4 is 0 Å². The lowest BCUT2D eigenvalue weighted by molar-refractivity contribution is 0.653. The molecule has 0 unspecified atom stereocenters. The molecule has 10 aromatic rings. The molecular weight excluding hydrogens is 609 g/mol. The maximum Gasteiger partial charge on any atom is 0.144 e. The Balaban J connectivity index is 1.30. The van der Waals surface area contributed by atoms with Crippen molar-refractivity contribution < 1.29 is 4.42 Å². The molecule has 3 heteroatoms. The van der Waals surface area contributed by atoms with Crippen LogP contribution in [0.15, 0.2) is 150 Å². The molecule has 0 atom stereocenters. The summed E-state index contributed by atoms with van der Waals surface area (Å²) in [6.45, 7) is 4.69. The van der Waals surface area contributed by atoms with Crippen LogP contribution in [0.2, 0.25) is 0 Å². The van der Waals surface area contributed by atoms with Crippen LogP contribution in [0, 0.1) is 0 Å². The zero-order valence-electron chi connectivity index (χ0n) is 27.7. The third-order valence-corrected chi connectivity index (χ3v) is 11.1. The number of fused-ring (bicyclic) bond motifs is 12. The van der Waals surface area contributed by atoms with Crippen molar-refractivity contribution in [3.63, 3.8) is 0 Å². The van der Waals surface area contributed by atoms with E-state index in [4.69, 9.17) is 14.4 Å². The smallest absolute Gasteiger partial charge is 0.144 e. The number of hydrogen-bond donors (Lipinski definition) is 0. The lowest BCUT2D eigenvalue weighted by Crippen LogP contribution is -2.15. The van der Waals surface area contributed by atoms with Gasteiger partial charge in [-0.15, -0.1) is 0 Å². The fourth-order valence-corrected chi connectivity index (χ4v) is 8.81. The zero-order valence-corrected chi connectivity index (χ0v) is 27.7. The summed E-state index contributed by atoms with van der Waals surface area (Å²) in [5, 5.41) is 9.20. The minimum absolute atomic E-state index is 0.189. The van der Waals surface area contributed by atoms with E-state index in [0.29, 0.717) is 0 Å². The molecular formula is C47H30N2O. The first-order valence-corrected chi connectivity index (χ1v) is 17.3. The van der Waals surface area contributed by atoms with Crippen LogP contribution in [0.1, 0.15) is 25.0 Å². The molecule has 0 radical (unpaired) electrons. The van der Waals surface area contributed by atoms with Gasteiger partial charge in [0, 0.05) is 44.3 Å². The maximum absolute atomic E-state index is 6.88. The lowest BCUT2D eigenvalue weighted by Gasteiger charge is -2.23. The summed E-state index contributed by atoms with van der Waals surface area (Å²) in [5.74, 6) is 0. The Labute approximate surface area is 288 Å². The molecule has 0 aliphatic heterocycles. The Morgan fingerprint density at radius 1 is 0.500 bits per heavy atom. The van der Waals surface area contributed by atoms with Gasteiger partial charge in [0.25, 0.3) is 0 Å². The monoisotopic (exact) mass is 638 g/mol. The normalized spacial score (nSPS) is 13.6. The van der Waals surface area contributed by atoms with Gasteiger partial charge in [-0.05, 0) is 73.6 Å². The van der Waals surface area contributed by atoms with Gasteiger partial charge in [0.05, 0.1) is 16.7 Å². The predicted molar refractivity (Wildman–Crippen MR) is 208 cm³/mol. The maximum atomic E-state index is 6.88. The molecule has 0 saturated heterocycles. The first-order valence-electron chi connectivity index (χ1n) is 17.3. The van der Waals surface area contributed by atoms with Gasteiger partial charge < -0.3 is 4.42 Å². The second kappa shape index (κ2) is 9.87. The summed E-state index contributed by atoms with van der Waals surface area (Å²) in [6, 6.07) is 50.2. The van der Waals surface area contributed by atoms with Gasteiger partial charge in [-0.1, -0.05) is 129 Å². The summed E-state index contributed by atoms with van der Waals surface area (Å²) in [7, 11) is 0. The van der Waals surface area contributed by atoms with Crippen molar-refractivity contribution in [1.29, 1.82) is 0 Å². The van der Waals surface area contributed by atoms with E-state index < -0.39 is 0 Å². The van der Waals surface area contributed by atoms with E-state index in [1.54, 1.807) is 0 Å². The topological polar surface area (TPSA) is 38.9 Å². The fraction of sp³-hybridized carbons (Fsp3) is 0.0638. The van der Waals surface area contributed by atoms with Gasteiger partial charge >= 0.3 is 0 Å². The Hall–Kier alpha value is -6.32. The molecule has 1 aliphatic rings. The molecule has 7 aromatic carbocycles. The van der Waals surface area contributed by atoms with Crippen LogP contribution in [-0.2, 0) is 5.41 Å². The third-order valence-electron chi connectivity index (χ3n) is 11.1. The second-order valence-corrected chi connectivity index (χ2v) is 14.1.